The molecule has 0 saturated heterocycles. The van der Waals surface area contributed by atoms with E-state index in [2.05, 4.69) is 0 Å². The lowest BCUT2D eigenvalue weighted by molar-refractivity contribution is 0.0235. The Morgan fingerprint density at radius 2 is 2.21 bits per heavy atom. The van der Waals surface area contributed by atoms with Gasteiger partial charge in [-0.15, -0.1) is 0 Å². The molecule has 19 heavy (non-hydrogen) atoms. The SMILES string of the molecule is COCCC(C)OC(=O)c1cc2cc(N)ccc2o1. The maximum absolute atomic E-state index is 11.9. The van der Waals surface area contributed by atoms with Gasteiger partial charge in [0.2, 0.25) is 5.76 Å². The van der Waals surface area contributed by atoms with E-state index in [0.29, 0.717) is 24.3 Å². The Kier molecular flexibility index (Phi) is 4.06. The number of nitrogen functional groups attached to an aromatic ring is 1. The largest absolute Gasteiger partial charge is 0.457 e. The van der Waals surface area contributed by atoms with Gasteiger partial charge in [0.1, 0.15) is 11.7 Å². The average molecular weight is 263 g/mol. The fourth-order valence-electron chi connectivity index (χ4n) is 1.75. The van der Waals surface area contributed by atoms with Gasteiger partial charge in [-0.05, 0) is 31.2 Å². The Morgan fingerprint density at radius 3 is 2.95 bits per heavy atom. The van der Waals surface area contributed by atoms with Crippen molar-refractivity contribution in [3.05, 3.63) is 30.0 Å². The summed E-state index contributed by atoms with van der Waals surface area (Å²) in [6, 6.07) is 6.85. The molecular formula is C14H17NO4. The molecule has 1 atom stereocenters. The predicted molar refractivity (Wildman–Crippen MR) is 72.0 cm³/mol. The van der Waals surface area contributed by atoms with Crippen LogP contribution in [0.4, 0.5) is 5.69 Å². The first kappa shape index (κ1) is 13.4. The second kappa shape index (κ2) is 5.75. The highest BCUT2D eigenvalue weighted by Crippen LogP contribution is 2.22. The lowest BCUT2D eigenvalue weighted by Gasteiger charge is -2.11. The molecule has 2 rings (SSSR count). The number of nitrogens with two attached hydrogens (primary N) is 1. The van der Waals surface area contributed by atoms with Crippen LogP contribution in [0.25, 0.3) is 11.0 Å². The highest BCUT2D eigenvalue weighted by Gasteiger charge is 2.16. The van der Waals surface area contributed by atoms with E-state index in [-0.39, 0.29) is 11.9 Å². The first-order valence-corrected chi connectivity index (χ1v) is 6.09. The Balaban J connectivity index is 2.08. The summed E-state index contributed by atoms with van der Waals surface area (Å²) in [5.41, 5.74) is 6.92. The molecule has 0 aliphatic carbocycles. The Labute approximate surface area is 111 Å². The molecule has 0 radical (unpaired) electrons. The van der Waals surface area contributed by atoms with E-state index in [1.807, 2.05) is 6.92 Å². The molecule has 1 aromatic carbocycles. The monoisotopic (exact) mass is 263 g/mol. The van der Waals surface area contributed by atoms with Crippen molar-refractivity contribution in [1.29, 1.82) is 0 Å². The standard InChI is InChI=1S/C14H17NO4/c1-9(5-6-17-2)18-14(16)13-8-10-7-11(15)3-4-12(10)19-13/h3-4,7-9H,5-6,15H2,1-2H3. The molecule has 5 heteroatoms. The molecule has 1 aromatic heterocycles. The van der Waals surface area contributed by atoms with Gasteiger partial charge in [-0.2, -0.15) is 0 Å². The maximum atomic E-state index is 11.9. The second-order valence-electron chi connectivity index (χ2n) is 4.41. The number of carbonyl (C=O) groups excluding carboxylic acids is 1. The van der Waals surface area contributed by atoms with Gasteiger partial charge in [0.25, 0.3) is 0 Å². The summed E-state index contributed by atoms with van der Waals surface area (Å²) >= 11 is 0. The molecule has 102 valence electrons. The number of furan rings is 1. The number of hydrogen-bond donors (Lipinski definition) is 1. The van der Waals surface area contributed by atoms with Gasteiger partial charge in [0.05, 0.1) is 0 Å². The number of carbonyl (C=O) groups is 1. The zero-order valence-corrected chi connectivity index (χ0v) is 11.0. The number of rotatable bonds is 5. The lowest BCUT2D eigenvalue weighted by atomic mass is 10.2. The first-order valence-electron chi connectivity index (χ1n) is 6.09. The number of hydrogen-bond acceptors (Lipinski definition) is 5. The Morgan fingerprint density at radius 1 is 1.42 bits per heavy atom. The number of esters is 1. The van der Waals surface area contributed by atoms with E-state index in [1.54, 1.807) is 31.4 Å². The van der Waals surface area contributed by atoms with Crippen LogP contribution in [-0.4, -0.2) is 25.8 Å². The number of methoxy groups -OCH3 is 1. The van der Waals surface area contributed by atoms with Gasteiger partial charge in [0, 0.05) is 31.2 Å². The summed E-state index contributed by atoms with van der Waals surface area (Å²) in [7, 11) is 1.61. The molecule has 1 heterocycles. The summed E-state index contributed by atoms with van der Waals surface area (Å²) in [6.45, 7) is 2.36. The molecule has 1 unspecified atom stereocenters. The highest BCUT2D eigenvalue weighted by molar-refractivity contribution is 5.93. The van der Waals surface area contributed by atoms with Crippen molar-refractivity contribution in [2.45, 2.75) is 19.4 Å². The van der Waals surface area contributed by atoms with Crippen molar-refractivity contribution >= 4 is 22.6 Å². The molecule has 0 aliphatic heterocycles. The van der Waals surface area contributed by atoms with E-state index in [0.717, 1.165) is 5.39 Å². The zero-order valence-electron chi connectivity index (χ0n) is 11.0. The van der Waals surface area contributed by atoms with Gasteiger partial charge in [0.15, 0.2) is 0 Å². The van der Waals surface area contributed by atoms with Crippen LogP contribution in [0.3, 0.4) is 0 Å². The minimum Gasteiger partial charge on any atom is -0.457 e. The van der Waals surface area contributed by atoms with Crippen molar-refractivity contribution < 1.29 is 18.7 Å². The van der Waals surface area contributed by atoms with Crippen molar-refractivity contribution in [3.63, 3.8) is 0 Å². The van der Waals surface area contributed by atoms with Crippen LogP contribution in [-0.2, 0) is 9.47 Å². The molecule has 2 aromatic rings. The van der Waals surface area contributed by atoms with Crippen molar-refractivity contribution in [3.8, 4) is 0 Å². The fraction of sp³-hybridized carbons (Fsp3) is 0.357. The second-order valence-corrected chi connectivity index (χ2v) is 4.41. The normalized spacial score (nSPS) is 12.5. The summed E-state index contributed by atoms with van der Waals surface area (Å²) in [5, 5.41) is 0.788. The summed E-state index contributed by atoms with van der Waals surface area (Å²) in [6.07, 6.45) is 0.431. The van der Waals surface area contributed by atoms with E-state index >= 15 is 0 Å². The van der Waals surface area contributed by atoms with Crippen LogP contribution in [0.5, 0.6) is 0 Å². The highest BCUT2D eigenvalue weighted by atomic mass is 16.6. The molecular weight excluding hydrogens is 246 g/mol. The molecule has 5 nitrogen and oxygen atoms in total. The van der Waals surface area contributed by atoms with Crippen molar-refractivity contribution in [2.75, 3.05) is 19.5 Å². The molecule has 0 amide bonds. The topological polar surface area (TPSA) is 74.7 Å². The van der Waals surface area contributed by atoms with Crippen LogP contribution in [0.15, 0.2) is 28.7 Å². The van der Waals surface area contributed by atoms with Crippen LogP contribution >= 0.6 is 0 Å². The molecule has 0 fully saturated rings. The minimum absolute atomic E-state index is 0.185. The number of fused-ring (bicyclic) bond motifs is 1. The van der Waals surface area contributed by atoms with E-state index in [4.69, 9.17) is 19.6 Å². The lowest BCUT2D eigenvalue weighted by Crippen LogP contribution is -2.16. The molecule has 2 N–H and O–H groups in total. The van der Waals surface area contributed by atoms with E-state index in [9.17, 15) is 4.79 Å². The average Bonchev–Trinajstić information content (AvgIpc) is 2.79. The minimum atomic E-state index is -0.474. The third-order valence-electron chi connectivity index (χ3n) is 2.78. The number of ether oxygens (including phenoxy) is 2. The quantitative estimate of drug-likeness (QED) is 0.663. The van der Waals surface area contributed by atoms with Gasteiger partial charge >= 0.3 is 5.97 Å². The maximum Gasteiger partial charge on any atom is 0.374 e. The van der Waals surface area contributed by atoms with E-state index < -0.39 is 5.97 Å². The molecule has 0 bridgehead atoms. The van der Waals surface area contributed by atoms with Crippen molar-refractivity contribution in [2.24, 2.45) is 0 Å². The first-order chi connectivity index (χ1) is 9.10. The van der Waals surface area contributed by atoms with Crippen LogP contribution in [0.2, 0.25) is 0 Å². The van der Waals surface area contributed by atoms with Gasteiger partial charge in [-0.3, -0.25) is 0 Å². The smallest absolute Gasteiger partial charge is 0.374 e. The van der Waals surface area contributed by atoms with Crippen LogP contribution in [0.1, 0.15) is 23.9 Å². The Bertz CT molecular complexity index is 576. The number of benzene rings is 1. The summed E-state index contributed by atoms with van der Waals surface area (Å²) in [5.74, 6) is -0.289. The third-order valence-corrected chi connectivity index (χ3v) is 2.78. The van der Waals surface area contributed by atoms with Gasteiger partial charge in [-0.25, -0.2) is 4.79 Å². The summed E-state index contributed by atoms with van der Waals surface area (Å²) < 4.78 is 15.6. The van der Waals surface area contributed by atoms with Gasteiger partial charge in [-0.1, -0.05) is 0 Å². The predicted octanol–water partition coefficient (Wildman–Crippen LogP) is 2.60. The van der Waals surface area contributed by atoms with Crippen LogP contribution < -0.4 is 5.73 Å². The Hall–Kier alpha value is -2.01. The molecule has 0 saturated carbocycles. The van der Waals surface area contributed by atoms with Gasteiger partial charge < -0.3 is 19.6 Å². The molecule has 0 spiro atoms. The van der Waals surface area contributed by atoms with Crippen molar-refractivity contribution in [1.82, 2.24) is 0 Å². The third kappa shape index (κ3) is 3.26. The zero-order chi connectivity index (χ0) is 13.8. The van der Waals surface area contributed by atoms with Crippen LogP contribution in [0, 0.1) is 0 Å². The number of anilines is 1. The molecule has 0 aliphatic rings. The fourth-order valence-corrected chi connectivity index (χ4v) is 1.75. The van der Waals surface area contributed by atoms with E-state index in [1.165, 1.54) is 0 Å². The summed E-state index contributed by atoms with van der Waals surface area (Å²) in [4.78, 5) is 11.9.